The number of rotatable bonds is 1. The molecule has 0 aromatic carbocycles. The predicted octanol–water partition coefficient (Wildman–Crippen LogP) is -0.293. The number of imidazole rings is 1. The molecule has 8 heteroatoms. The second kappa shape index (κ2) is 3.55. The fourth-order valence-electron chi connectivity index (χ4n) is 1.63. The van der Waals surface area contributed by atoms with E-state index < -0.39 is 11.2 Å². The van der Waals surface area contributed by atoms with E-state index in [0.717, 1.165) is 0 Å². The molecular formula is C10H7N5O3. The van der Waals surface area contributed by atoms with Crippen LogP contribution in [-0.2, 0) is 0 Å². The number of H-pyrrole nitrogens is 3. The van der Waals surface area contributed by atoms with Crippen LogP contribution in [0, 0.1) is 0 Å². The Kier molecular flexibility index (Phi) is 2.03. The van der Waals surface area contributed by atoms with Gasteiger partial charge in [-0.1, -0.05) is 0 Å². The summed E-state index contributed by atoms with van der Waals surface area (Å²) in [6.45, 7) is 0. The molecular weight excluding hydrogens is 238 g/mol. The van der Waals surface area contributed by atoms with Crippen LogP contribution >= 0.6 is 0 Å². The first-order valence-electron chi connectivity index (χ1n) is 5.00. The molecule has 3 rings (SSSR count). The molecule has 18 heavy (non-hydrogen) atoms. The van der Waals surface area contributed by atoms with Gasteiger partial charge >= 0.3 is 5.69 Å². The Bertz CT molecular complexity index is 844. The molecule has 0 saturated carbocycles. The third-order valence-corrected chi connectivity index (χ3v) is 2.39. The van der Waals surface area contributed by atoms with Crippen molar-refractivity contribution in [2.45, 2.75) is 0 Å². The van der Waals surface area contributed by atoms with E-state index in [0.29, 0.717) is 11.4 Å². The molecule has 0 atom stereocenters. The molecule has 3 heterocycles. The summed E-state index contributed by atoms with van der Waals surface area (Å²) in [5.74, 6) is 0.316. The standard InChI is InChI=1S/C10H7N5O3/c16-5-1-4(2-11-3-5)7-12-6-8(13-7)14-10(18)15-9(6)17/h1-3,16H,(H3,12,13,14,15,17,18). The molecule has 0 radical (unpaired) electrons. The van der Waals surface area contributed by atoms with Gasteiger partial charge < -0.3 is 10.1 Å². The van der Waals surface area contributed by atoms with Crippen LogP contribution in [-0.4, -0.2) is 30.0 Å². The van der Waals surface area contributed by atoms with Gasteiger partial charge in [0.05, 0.1) is 6.20 Å². The first kappa shape index (κ1) is 10.3. The van der Waals surface area contributed by atoms with E-state index >= 15 is 0 Å². The maximum absolute atomic E-state index is 11.5. The molecule has 0 spiro atoms. The van der Waals surface area contributed by atoms with Crippen molar-refractivity contribution in [3.05, 3.63) is 39.3 Å². The summed E-state index contributed by atoms with van der Waals surface area (Å²) in [5.41, 5.74) is -0.360. The zero-order valence-corrected chi connectivity index (χ0v) is 8.89. The van der Waals surface area contributed by atoms with Gasteiger partial charge in [-0.2, -0.15) is 0 Å². The Hall–Kier alpha value is -2.90. The fraction of sp³-hybridized carbons (Fsp3) is 0. The molecule has 0 aliphatic carbocycles. The second-order valence-corrected chi connectivity index (χ2v) is 3.65. The van der Waals surface area contributed by atoms with Gasteiger partial charge in [0.15, 0.2) is 5.65 Å². The molecule has 0 bridgehead atoms. The SMILES string of the molecule is O=c1[nH]c(=O)c2[nH]c(-c3cncc(O)c3)nc2[nH]1. The molecule has 4 N–H and O–H groups in total. The highest BCUT2D eigenvalue weighted by molar-refractivity contribution is 5.74. The van der Waals surface area contributed by atoms with Gasteiger partial charge in [0.2, 0.25) is 0 Å². The lowest BCUT2D eigenvalue weighted by Gasteiger charge is -1.95. The van der Waals surface area contributed by atoms with E-state index in [2.05, 4.69) is 24.9 Å². The van der Waals surface area contributed by atoms with Crippen LogP contribution < -0.4 is 11.2 Å². The van der Waals surface area contributed by atoms with Crippen LogP contribution in [0.25, 0.3) is 22.6 Å². The van der Waals surface area contributed by atoms with Crippen LogP contribution in [0.1, 0.15) is 0 Å². The maximum atomic E-state index is 11.5. The molecule has 0 saturated heterocycles. The Labute approximate surface area is 98.4 Å². The third kappa shape index (κ3) is 1.56. The van der Waals surface area contributed by atoms with Gasteiger partial charge in [-0.3, -0.25) is 19.7 Å². The quantitative estimate of drug-likeness (QED) is 0.468. The summed E-state index contributed by atoms with van der Waals surface area (Å²) in [4.78, 5) is 37.7. The van der Waals surface area contributed by atoms with Crippen molar-refractivity contribution in [1.29, 1.82) is 0 Å². The highest BCUT2D eigenvalue weighted by Crippen LogP contribution is 2.19. The van der Waals surface area contributed by atoms with Crippen LogP contribution in [0.5, 0.6) is 5.75 Å². The Morgan fingerprint density at radius 2 is 1.94 bits per heavy atom. The number of hydrogen-bond acceptors (Lipinski definition) is 5. The fourth-order valence-corrected chi connectivity index (χ4v) is 1.63. The number of aromatic nitrogens is 5. The first-order valence-corrected chi connectivity index (χ1v) is 5.00. The molecule has 0 amide bonds. The highest BCUT2D eigenvalue weighted by atomic mass is 16.3. The lowest BCUT2D eigenvalue weighted by Crippen LogP contribution is -2.21. The van der Waals surface area contributed by atoms with E-state index in [-0.39, 0.29) is 16.9 Å². The average Bonchev–Trinajstić information content (AvgIpc) is 2.73. The minimum absolute atomic E-state index is 0.0182. The summed E-state index contributed by atoms with van der Waals surface area (Å²) in [7, 11) is 0. The minimum Gasteiger partial charge on any atom is -0.506 e. The molecule has 3 aromatic rings. The van der Waals surface area contributed by atoms with Crippen molar-refractivity contribution >= 4 is 11.2 Å². The molecule has 0 aliphatic heterocycles. The highest BCUT2D eigenvalue weighted by Gasteiger charge is 2.09. The van der Waals surface area contributed by atoms with Crippen molar-refractivity contribution < 1.29 is 5.11 Å². The van der Waals surface area contributed by atoms with Gasteiger partial charge in [-0.05, 0) is 6.07 Å². The number of aromatic amines is 3. The normalized spacial score (nSPS) is 10.9. The van der Waals surface area contributed by atoms with Gasteiger partial charge in [-0.25, -0.2) is 9.78 Å². The zero-order chi connectivity index (χ0) is 12.7. The maximum Gasteiger partial charge on any atom is 0.327 e. The van der Waals surface area contributed by atoms with E-state index in [1.165, 1.54) is 18.5 Å². The minimum atomic E-state index is -0.625. The van der Waals surface area contributed by atoms with Crippen molar-refractivity contribution in [2.24, 2.45) is 0 Å². The largest absolute Gasteiger partial charge is 0.506 e. The Morgan fingerprint density at radius 1 is 1.11 bits per heavy atom. The van der Waals surface area contributed by atoms with Crippen LogP contribution in [0.3, 0.4) is 0 Å². The van der Waals surface area contributed by atoms with E-state index in [4.69, 9.17) is 0 Å². The Balaban J connectivity index is 2.29. The lowest BCUT2D eigenvalue weighted by atomic mass is 10.3. The first-order chi connectivity index (χ1) is 8.63. The van der Waals surface area contributed by atoms with Crippen LogP contribution in [0.2, 0.25) is 0 Å². The molecule has 3 aromatic heterocycles. The predicted molar refractivity (Wildman–Crippen MR) is 62.2 cm³/mol. The topological polar surface area (TPSA) is 128 Å². The number of fused-ring (bicyclic) bond motifs is 1. The number of aromatic hydroxyl groups is 1. The summed E-state index contributed by atoms with van der Waals surface area (Å²) >= 11 is 0. The van der Waals surface area contributed by atoms with E-state index in [1.807, 2.05) is 0 Å². The molecule has 0 fully saturated rings. The van der Waals surface area contributed by atoms with Gasteiger partial charge in [-0.15, -0.1) is 0 Å². The van der Waals surface area contributed by atoms with Crippen molar-refractivity contribution in [2.75, 3.05) is 0 Å². The molecule has 0 aliphatic rings. The number of nitrogens with one attached hydrogen (secondary N) is 3. The van der Waals surface area contributed by atoms with Crippen molar-refractivity contribution in [3.8, 4) is 17.1 Å². The van der Waals surface area contributed by atoms with Crippen LogP contribution in [0.15, 0.2) is 28.0 Å². The van der Waals surface area contributed by atoms with Crippen molar-refractivity contribution in [1.82, 2.24) is 24.9 Å². The van der Waals surface area contributed by atoms with E-state index in [1.54, 1.807) is 0 Å². The van der Waals surface area contributed by atoms with E-state index in [9.17, 15) is 14.7 Å². The Morgan fingerprint density at radius 3 is 2.72 bits per heavy atom. The summed E-state index contributed by atoms with van der Waals surface area (Å²) < 4.78 is 0. The average molecular weight is 245 g/mol. The van der Waals surface area contributed by atoms with Gasteiger partial charge in [0.1, 0.15) is 17.1 Å². The monoisotopic (exact) mass is 245 g/mol. The lowest BCUT2D eigenvalue weighted by molar-refractivity contribution is 0.473. The smallest absolute Gasteiger partial charge is 0.327 e. The zero-order valence-electron chi connectivity index (χ0n) is 8.89. The third-order valence-electron chi connectivity index (χ3n) is 2.39. The second-order valence-electron chi connectivity index (χ2n) is 3.65. The molecule has 8 nitrogen and oxygen atoms in total. The summed E-state index contributed by atoms with van der Waals surface area (Å²) in [6, 6.07) is 1.44. The summed E-state index contributed by atoms with van der Waals surface area (Å²) in [6.07, 6.45) is 2.75. The number of pyridine rings is 1. The van der Waals surface area contributed by atoms with Crippen LogP contribution in [0.4, 0.5) is 0 Å². The molecule has 0 unspecified atom stereocenters. The number of hydrogen-bond donors (Lipinski definition) is 4. The van der Waals surface area contributed by atoms with Crippen molar-refractivity contribution in [3.63, 3.8) is 0 Å². The summed E-state index contributed by atoms with van der Waals surface area (Å²) in [5, 5.41) is 9.32. The van der Waals surface area contributed by atoms with Gasteiger partial charge in [0.25, 0.3) is 5.56 Å². The number of nitrogens with zero attached hydrogens (tertiary/aromatic N) is 2. The molecule has 90 valence electrons. The van der Waals surface area contributed by atoms with Gasteiger partial charge in [0, 0.05) is 11.8 Å².